The van der Waals surface area contributed by atoms with Crippen LogP contribution in [0, 0.1) is 0 Å². The van der Waals surface area contributed by atoms with Crippen LogP contribution in [0.5, 0.6) is 0 Å². The SMILES string of the molecule is CN(C)CCCN=C(N)CCl. The molecule has 0 aromatic rings. The van der Waals surface area contributed by atoms with Crippen molar-refractivity contribution in [3.8, 4) is 0 Å². The Labute approximate surface area is 73.2 Å². The summed E-state index contributed by atoms with van der Waals surface area (Å²) in [4.78, 5) is 6.17. The molecule has 0 amide bonds. The van der Waals surface area contributed by atoms with Gasteiger partial charge in [0.2, 0.25) is 0 Å². The molecule has 2 N–H and O–H groups in total. The molecule has 0 aliphatic rings. The third kappa shape index (κ3) is 7.62. The summed E-state index contributed by atoms with van der Waals surface area (Å²) in [6, 6.07) is 0. The van der Waals surface area contributed by atoms with E-state index in [9.17, 15) is 0 Å². The number of alkyl halides is 1. The molecule has 0 atom stereocenters. The molecule has 0 saturated carbocycles. The average molecular weight is 178 g/mol. The Balaban J connectivity index is 3.26. The Morgan fingerprint density at radius 2 is 2.18 bits per heavy atom. The Morgan fingerprint density at radius 3 is 2.64 bits per heavy atom. The van der Waals surface area contributed by atoms with E-state index < -0.39 is 0 Å². The maximum atomic E-state index is 5.43. The van der Waals surface area contributed by atoms with Gasteiger partial charge in [-0.3, -0.25) is 4.99 Å². The fourth-order valence-corrected chi connectivity index (χ4v) is 0.736. The summed E-state index contributed by atoms with van der Waals surface area (Å²) >= 11 is 5.43. The van der Waals surface area contributed by atoms with Crippen LogP contribution in [0.25, 0.3) is 0 Å². The predicted molar refractivity (Wildman–Crippen MR) is 50.4 cm³/mol. The standard InChI is InChI=1S/C7H16ClN3/c1-11(2)5-3-4-10-7(9)6-8/h3-6H2,1-2H3,(H2,9,10). The average Bonchev–Trinajstić information content (AvgIpc) is 1.97. The van der Waals surface area contributed by atoms with Crippen molar-refractivity contribution in [2.45, 2.75) is 6.42 Å². The lowest BCUT2D eigenvalue weighted by Gasteiger charge is -2.06. The minimum Gasteiger partial charge on any atom is -0.386 e. The van der Waals surface area contributed by atoms with Gasteiger partial charge in [-0.1, -0.05) is 0 Å². The summed E-state index contributed by atoms with van der Waals surface area (Å²) in [7, 11) is 4.07. The Kier molecular flexibility index (Phi) is 6.27. The van der Waals surface area contributed by atoms with Crippen molar-refractivity contribution in [3.05, 3.63) is 0 Å². The summed E-state index contributed by atoms with van der Waals surface area (Å²) in [6.07, 6.45) is 1.03. The smallest absolute Gasteiger partial charge is 0.109 e. The van der Waals surface area contributed by atoms with E-state index in [1.165, 1.54) is 0 Å². The van der Waals surface area contributed by atoms with E-state index in [0.717, 1.165) is 19.5 Å². The first-order valence-electron chi connectivity index (χ1n) is 3.66. The van der Waals surface area contributed by atoms with E-state index in [1.54, 1.807) is 0 Å². The lowest BCUT2D eigenvalue weighted by Crippen LogP contribution is -2.16. The molecule has 0 rings (SSSR count). The van der Waals surface area contributed by atoms with Crippen LogP contribution < -0.4 is 5.73 Å². The van der Waals surface area contributed by atoms with Gasteiger partial charge >= 0.3 is 0 Å². The third-order valence-corrected chi connectivity index (χ3v) is 1.49. The monoisotopic (exact) mass is 177 g/mol. The number of hydrogen-bond acceptors (Lipinski definition) is 2. The molecule has 0 heterocycles. The highest BCUT2D eigenvalue weighted by molar-refractivity contribution is 6.27. The number of halogens is 1. The van der Waals surface area contributed by atoms with Crippen LogP contribution >= 0.6 is 11.6 Å². The van der Waals surface area contributed by atoms with Crippen molar-refractivity contribution >= 4 is 17.4 Å². The molecule has 0 aliphatic heterocycles. The quantitative estimate of drug-likeness (QED) is 0.288. The second-order valence-corrected chi connectivity index (χ2v) is 2.93. The largest absolute Gasteiger partial charge is 0.386 e. The maximum absolute atomic E-state index is 5.43. The van der Waals surface area contributed by atoms with E-state index in [1.807, 2.05) is 14.1 Å². The lowest BCUT2D eigenvalue weighted by atomic mass is 10.4. The summed E-state index contributed by atoms with van der Waals surface area (Å²) in [6.45, 7) is 1.82. The third-order valence-electron chi connectivity index (χ3n) is 1.22. The molecular formula is C7H16ClN3. The molecule has 0 bridgehead atoms. The van der Waals surface area contributed by atoms with Crippen LogP contribution in [-0.2, 0) is 0 Å². The summed E-state index contributed by atoms with van der Waals surface area (Å²) in [5.41, 5.74) is 5.39. The fraction of sp³-hybridized carbons (Fsp3) is 0.857. The highest BCUT2D eigenvalue weighted by Gasteiger charge is 1.90. The minimum absolute atomic E-state index is 0.335. The highest BCUT2D eigenvalue weighted by Crippen LogP contribution is 1.85. The fourth-order valence-electron chi connectivity index (χ4n) is 0.652. The second-order valence-electron chi connectivity index (χ2n) is 2.66. The Morgan fingerprint density at radius 1 is 1.55 bits per heavy atom. The van der Waals surface area contributed by atoms with Crippen molar-refractivity contribution in [2.75, 3.05) is 33.1 Å². The zero-order valence-electron chi connectivity index (χ0n) is 7.18. The van der Waals surface area contributed by atoms with E-state index in [4.69, 9.17) is 17.3 Å². The molecule has 0 aliphatic carbocycles. The molecule has 0 unspecified atom stereocenters. The van der Waals surface area contributed by atoms with Gasteiger partial charge in [0.15, 0.2) is 0 Å². The van der Waals surface area contributed by atoms with E-state index in [0.29, 0.717) is 11.7 Å². The number of nitrogens with two attached hydrogens (primary N) is 1. The van der Waals surface area contributed by atoms with Crippen LogP contribution in [0.15, 0.2) is 4.99 Å². The topological polar surface area (TPSA) is 41.6 Å². The predicted octanol–water partition coefficient (Wildman–Crippen LogP) is 0.534. The normalized spacial score (nSPS) is 12.5. The maximum Gasteiger partial charge on any atom is 0.109 e. The van der Waals surface area contributed by atoms with Crippen LogP contribution in [0.3, 0.4) is 0 Å². The number of amidine groups is 1. The molecule has 0 fully saturated rings. The molecule has 0 aromatic carbocycles. The van der Waals surface area contributed by atoms with Gasteiger partial charge < -0.3 is 10.6 Å². The van der Waals surface area contributed by atoms with E-state index in [-0.39, 0.29) is 0 Å². The molecule has 66 valence electrons. The molecule has 0 saturated heterocycles. The van der Waals surface area contributed by atoms with Crippen molar-refractivity contribution in [3.63, 3.8) is 0 Å². The summed E-state index contributed by atoms with van der Waals surface area (Å²) in [5, 5.41) is 0. The molecule has 3 nitrogen and oxygen atoms in total. The first-order valence-corrected chi connectivity index (χ1v) is 4.19. The number of nitrogens with zero attached hydrogens (tertiary/aromatic N) is 2. The van der Waals surface area contributed by atoms with Crippen molar-refractivity contribution in [1.82, 2.24) is 4.90 Å². The van der Waals surface area contributed by atoms with E-state index in [2.05, 4.69) is 9.89 Å². The Hall–Kier alpha value is -0.280. The zero-order valence-corrected chi connectivity index (χ0v) is 7.93. The molecule has 0 spiro atoms. The summed E-state index contributed by atoms with van der Waals surface area (Å²) in [5.74, 6) is 0.868. The number of rotatable bonds is 5. The van der Waals surface area contributed by atoms with Gasteiger partial charge in [-0.05, 0) is 27.1 Å². The van der Waals surface area contributed by atoms with Gasteiger partial charge in [-0.15, -0.1) is 11.6 Å². The van der Waals surface area contributed by atoms with Crippen molar-refractivity contribution < 1.29 is 0 Å². The van der Waals surface area contributed by atoms with Crippen LogP contribution in [0.2, 0.25) is 0 Å². The van der Waals surface area contributed by atoms with E-state index >= 15 is 0 Å². The van der Waals surface area contributed by atoms with Crippen molar-refractivity contribution in [2.24, 2.45) is 10.7 Å². The van der Waals surface area contributed by atoms with Gasteiger partial charge in [0.1, 0.15) is 5.84 Å². The number of aliphatic imine (C=N–C) groups is 1. The molecular weight excluding hydrogens is 162 g/mol. The molecule has 4 heteroatoms. The lowest BCUT2D eigenvalue weighted by molar-refractivity contribution is 0.403. The van der Waals surface area contributed by atoms with Gasteiger partial charge in [-0.25, -0.2) is 0 Å². The second kappa shape index (κ2) is 6.43. The van der Waals surface area contributed by atoms with Gasteiger partial charge in [-0.2, -0.15) is 0 Å². The van der Waals surface area contributed by atoms with Crippen molar-refractivity contribution in [1.29, 1.82) is 0 Å². The minimum atomic E-state index is 0.335. The van der Waals surface area contributed by atoms with Gasteiger partial charge in [0.25, 0.3) is 0 Å². The Bertz CT molecular complexity index is 123. The van der Waals surface area contributed by atoms with Crippen LogP contribution in [0.4, 0.5) is 0 Å². The molecule has 0 radical (unpaired) electrons. The number of hydrogen-bond donors (Lipinski definition) is 1. The molecule has 0 aromatic heterocycles. The zero-order chi connectivity index (χ0) is 8.69. The van der Waals surface area contributed by atoms with Crippen LogP contribution in [0.1, 0.15) is 6.42 Å². The highest BCUT2D eigenvalue weighted by atomic mass is 35.5. The van der Waals surface area contributed by atoms with Gasteiger partial charge in [0.05, 0.1) is 5.88 Å². The van der Waals surface area contributed by atoms with Crippen LogP contribution in [-0.4, -0.2) is 43.8 Å². The molecule has 11 heavy (non-hydrogen) atoms. The first-order chi connectivity index (χ1) is 5.16. The summed E-state index contributed by atoms with van der Waals surface area (Å²) < 4.78 is 0. The van der Waals surface area contributed by atoms with Gasteiger partial charge in [0, 0.05) is 6.54 Å². The first kappa shape index (κ1) is 10.7.